The monoisotopic (exact) mass is 402 g/mol. The summed E-state index contributed by atoms with van der Waals surface area (Å²) in [5, 5.41) is 2.75. The number of rotatable bonds is 7. The molecule has 2 amide bonds. The number of carbonyl (C=O) groups is 2. The molecule has 1 N–H and O–H groups in total. The van der Waals surface area contributed by atoms with E-state index in [0.29, 0.717) is 5.75 Å². The van der Waals surface area contributed by atoms with Crippen molar-refractivity contribution in [3.05, 3.63) is 59.7 Å². The molecule has 0 spiro atoms. The molecule has 8 heteroatoms. The maximum atomic E-state index is 12.5. The van der Waals surface area contributed by atoms with Crippen LogP contribution in [0.15, 0.2) is 53.4 Å². The van der Waals surface area contributed by atoms with Crippen molar-refractivity contribution in [2.24, 2.45) is 0 Å². The van der Waals surface area contributed by atoms with Crippen LogP contribution in [0.25, 0.3) is 0 Å². The predicted molar refractivity (Wildman–Crippen MR) is 104 cm³/mol. The molecular weight excluding hydrogens is 380 g/mol. The number of fused-ring (bicyclic) bond motifs is 1. The molecule has 0 saturated carbocycles. The lowest BCUT2D eigenvalue weighted by atomic mass is 10.2. The van der Waals surface area contributed by atoms with Gasteiger partial charge in [-0.05, 0) is 38.1 Å². The van der Waals surface area contributed by atoms with Gasteiger partial charge in [0.25, 0.3) is 15.9 Å². The second kappa shape index (κ2) is 8.02. The molecule has 148 valence electrons. The molecule has 0 aliphatic carbocycles. The number of ether oxygens (including phenoxy) is 1. The largest absolute Gasteiger partial charge is 0.491 e. The van der Waals surface area contributed by atoms with E-state index in [2.05, 4.69) is 5.32 Å². The van der Waals surface area contributed by atoms with Gasteiger partial charge in [0.1, 0.15) is 17.3 Å². The fraction of sp³-hybridized carbons (Fsp3) is 0.300. The Balaban J connectivity index is 1.50. The Bertz CT molecular complexity index is 986. The summed E-state index contributed by atoms with van der Waals surface area (Å²) in [6.07, 6.45) is -0.117. The first kappa shape index (κ1) is 19.9. The van der Waals surface area contributed by atoms with Crippen molar-refractivity contribution in [3.63, 3.8) is 0 Å². The van der Waals surface area contributed by atoms with Gasteiger partial charge in [-0.2, -0.15) is 0 Å². The van der Waals surface area contributed by atoms with E-state index in [1.807, 2.05) is 31.2 Å². The lowest BCUT2D eigenvalue weighted by molar-refractivity contribution is -0.121. The Hall–Kier alpha value is -2.87. The molecule has 28 heavy (non-hydrogen) atoms. The lowest BCUT2D eigenvalue weighted by Gasteiger charge is -2.17. The molecule has 7 nitrogen and oxygen atoms in total. The lowest BCUT2D eigenvalue weighted by Crippen LogP contribution is -2.39. The molecule has 1 heterocycles. The summed E-state index contributed by atoms with van der Waals surface area (Å²) in [6.45, 7) is 3.85. The fourth-order valence-electron chi connectivity index (χ4n) is 2.90. The van der Waals surface area contributed by atoms with Crippen LogP contribution in [0, 0.1) is 6.92 Å². The van der Waals surface area contributed by atoms with Gasteiger partial charge in [0, 0.05) is 13.0 Å². The minimum atomic E-state index is -3.89. The van der Waals surface area contributed by atoms with E-state index in [-0.39, 0.29) is 42.0 Å². The molecule has 2 aromatic rings. The standard InChI is InChI=1S/C20H22N2O5S/c1-14-7-9-16(10-8-14)27-13-15(2)21-19(23)11-12-22-20(24)17-5-3-4-6-18(17)28(22,25)26/h3-10,15H,11-13H2,1-2H3,(H,21,23). The van der Waals surface area contributed by atoms with Crippen LogP contribution in [-0.2, 0) is 14.8 Å². The van der Waals surface area contributed by atoms with E-state index >= 15 is 0 Å². The van der Waals surface area contributed by atoms with Gasteiger partial charge in [-0.1, -0.05) is 29.8 Å². The van der Waals surface area contributed by atoms with Gasteiger partial charge in [-0.15, -0.1) is 0 Å². The van der Waals surface area contributed by atoms with Gasteiger partial charge < -0.3 is 10.1 Å². The third-order valence-electron chi connectivity index (χ3n) is 4.38. The van der Waals surface area contributed by atoms with E-state index in [9.17, 15) is 18.0 Å². The zero-order valence-corrected chi connectivity index (χ0v) is 16.5. The van der Waals surface area contributed by atoms with E-state index in [0.717, 1.165) is 9.87 Å². The van der Waals surface area contributed by atoms with Crippen LogP contribution in [0.5, 0.6) is 5.75 Å². The average molecular weight is 402 g/mol. The van der Waals surface area contributed by atoms with E-state index in [4.69, 9.17) is 4.74 Å². The summed E-state index contributed by atoms with van der Waals surface area (Å²) in [6, 6.07) is 13.3. The average Bonchev–Trinajstić information content (AvgIpc) is 2.86. The Morgan fingerprint density at radius 1 is 1.14 bits per heavy atom. The van der Waals surface area contributed by atoms with Crippen LogP contribution in [-0.4, -0.2) is 43.7 Å². The van der Waals surface area contributed by atoms with Crippen LogP contribution in [0.3, 0.4) is 0 Å². The maximum absolute atomic E-state index is 12.5. The number of hydrogen-bond acceptors (Lipinski definition) is 5. The molecule has 1 aliphatic heterocycles. The molecule has 1 atom stereocenters. The van der Waals surface area contributed by atoms with Gasteiger partial charge in [0.2, 0.25) is 5.91 Å². The van der Waals surface area contributed by atoms with Crippen LogP contribution in [0.4, 0.5) is 0 Å². The molecule has 0 fully saturated rings. The Morgan fingerprint density at radius 2 is 1.82 bits per heavy atom. The summed E-state index contributed by atoms with van der Waals surface area (Å²) >= 11 is 0. The molecule has 1 unspecified atom stereocenters. The zero-order valence-electron chi connectivity index (χ0n) is 15.7. The van der Waals surface area contributed by atoms with Crippen LogP contribution in [0.2, 0.25) is 0 Å². The first-order valence-electron chi connectivity index (χ1n) is 8.94. The summed E-state index contributed by atoms with van der Waals surface area (Å²) in [5.41, 5.74) is 1.27. The van der Waals surface area contributed by atoms with Gasteiger partial charge in [-0.25, -0.2) is 12.7 Å². The van der Waals surface area contributed by atoms with Crippen molar-refractivity contribution in [1.82, 2.24) is 9.62 Å². The zero-order chi connectivity index (χ0) is 20.3. The number of carbonyl (C=O) groups excluding carboxylic acids is 2. The highest BCUT2D eigenvalue weighted by Gasteiger charge is 2.40. The fourth-order valence-corrected chi connectivity index (χ4v) is 4.47. The number of hydrogen-bond donors (Lipinski definition) is 1. The SMILES string of the molecule is Cc1ccc(OCC(C)NC(=O)CCN2C(=O)c3ccccc3S2(=O)=O)cc1. The quantitative estimate of drug-likeness (QED) is 0.766. The minimum Gasteiger partial charge on any atom is -0.491 e. The summed E-state index contributed by atoms with van der Waals surface area (Å²) in [5.74, 6) is -0.240. The topological polar surface area (TPSA) is 92.8 Å². The summed E-state index contributed by atoms with van der Waals surface area (Å²) < 4.78 is 31.3. The van der Waals surface area contributed by atoms with Crippen LogP contribution in [0.1, 0.15) is 29.3 Å². The van der Waals surface area contributed by atoms with E-state index < -0.39 is 15.9 Å². The molecule has 1 aliphatic rings. The first-order valence-corrected chi connectivity index (χ1v) is 10.4. The van der Waals surface area contributed by atoms with Crippen molar-refractivity contribution in [3.8, 4) is 5.75 Å². The highest BCUT2D eigenvalue weighted by atomic mass is 32.2. The van der Waals surface area contributed by atoms with Gasteiger partial charge >= 0.3 is 0 Å². The number of nitrogens with one attached hydrogen (secondary N) is 1. The Morgan fingerprint density at radius 3 is 2.50 bits per heavy atom. The molecule has 0 radical (unpaired) electrons. The molecule has 0 aromatic heterocycles. The van der Waals surface area contributed by atoms with Crippen molar-refractivity contribution < 1.29 is 22.7 Å². The van der Waals surface area contributed by atoms with Crippen LogP contribution >= 0.6 is 0 Å². The van der Waals surface area contributed by atoms with Crippen molar-refractivity contribution in [1.29, 1.82) is 0 Å². The van der Waals surface area contributed by atoms with E-state index in [1.165, 1.54) is 12.1 Å². The minimum absolute atomic E-state index is 0.0136. The van der Waals surface area contributed by atoms with Gasteiger partial charge in [-0.3, -0.25) is 9.59 Å². The third kappa shape index (κ3) is 4.17. The first-order chi connectivity index (χ1) is 13.3. The van der Waals surface area contributed by atoms with Gasteiger partial charge in [0.05, 0.1) is 11.6 Å². The van der Waals surface area contributed by atoms with E-state index in [1.54, 1.807) is 19.1 Å². The maximum Gasteiger partial charge on any atom is 0.269 e. The third-order valence-corrected chi connectivity index (χ3v) is 6.22. The van der Waals surface area contributed by atoms with Crippen LogP contribution < -0.4 is 10.1 Å². The second-order valence-corrected chi connectivity index (χ2v) is 8.55. The number of aryl methyl sites for hydroxylation is 1. The van der Waals surface area contributed by atoms with Crippen molar-refractivity contribution in [2.45, 2.75) is 31.2 Å². The highest BCUT2D eigenvalue weighted by molar-refractivity contribution is 7.90. The molecule has 0 saturated heterocycles. The number of nitrogens with zero attached hydrogens (tertiary/aromatic N) is 1. The van der Waals surface area contributed by atoms with Gasteiger partial charge in [0.15, 0.2) is 0 Å². The summed E-state index contributed by atoms with van der Waals surface area (Å²) in [4.78, 5) is 24.5. The normalized spacial score (nSPS) is 15.8. The second-order valence-electron chi connectivity index (χ2n) is 6.72. The molecule has 0 bridgehead atoms. The Labute approximate surface area is 164 Å². The molecule has 3 rings (SSSR count). The molecule has 2 aromatic carbocycles. The smallest absolute Gasteiger partial charge is 0.269 e. The summed E-state index contributed by atoms with van der Waals surface area (Å²) in [7, 11) is -3.89. The number of benzene rings is 2. The highest BCUT2D eigenvalue weighted by Crippen LogP contribution is 2.29. The number of sulfonamides is 1. The van der Waals surface area contributed by atoms with Crippen molar-refractivity contribution in [2.75, 3.05) is 13.2 Å². The predicted octanol–water partition coefficient (Wildman–Crippen LogP) is 2.11. The Kier molecular flexibility index (Phi) is 5.69. The number of amides is 2. The van der Waals surface area contributed by atoms with Crippen molar-refractivity contribution >= 4 is 21.8 Å². The molecular formula is C20H22N2O5S.